The highest BCUT2D eigenvalue weighted by Crippen LogP contribution is 2.13. The van der Waals surface area contributed by atoms with E-state index in [4.69, 9.17) is 5.73 Å². The Hall–Kier alpha value is -1.22. The summed E-state index contributed by atoms with van der Waals surface area (Å²) in [6.07, 6.45) is 3.33. The summed E-state index contributed by atoms with van der Waals surface area (Å²) in [5, 5.41) is 2.94. The van der Waals surface area contributed by atoms with Crippen molar-refractivity contribution in [1.29, 1.82) is 0 Å². The van der Waals surface area contributed by atoms with E-state index in [0.717, 1.165) is 37.1 Å². The van der Waals surface area contributed by atoms with Crippen LogP contribution in [0.1, 0.15) is 38.7 Å². The molecule has 0 aliphatic carbocycles. The SMILES string of the molecule is CC(C)CCNC(=O)CCCc1ccccc1N.Cl. The minimum absolute atomic E-state index is 0. The van der Waals surface area contributed by atoms with Gasteiger partial charge in [0, 0.05) is 18.7 Å². The number of carbonyl (C=O) groups is 1. The molecule has 0 bridgehead atoms. The van der Waals surface area contributed by atoms with Gasteiger partial charge in [0.15, 0.2) is 0 Å². The monoisotopic (exact) mass is 284 g/mol. The smallest absolute Gasteiger partial charge is 0.220 e. The van der Waals surface area contributed by atoms with Crippen molar-refractivity contribution in [3.63, 3.8) is 0 Å². The first-order valence-electron chi connectivity index (χ1n) is 6.69. The molecule has 0 aliphatic heterocycles. The predicted molar refractivity (Wildman–Crippen MR) is 83.5 cm³/mol. The molecule has 1 aromatic rings. The molecule has 1 rings (SSSR count). The fraction of sp³-hybridized carbons (Fsp3) is 0.533. The van der Waals surface area contributed by atoms with Gasteiger partial charge in [-0.1, -0.05) is 32.0 Å². The molecule has 0 spiro atoms. The third kappa shape index (κ3) is 7.73. The number of rotatable bonds is 7. The van der Waals surface area contributed by atoms with Crippen LogP contribution >= 0.6 is 12.4 Å². The van der Waals surface area contributed by atoms with Crippen molar-refractivity contribution >= 4 is 24.0 Å². The minimum atomic E-state index is 0. The van der Waals surface area contributed by atoms with Crippen LogP contribution in [0.2, 0.25) is 0 Å². The third-order valence-electron chi connectivity index (χ3n) is 2.95. The first kappa shape index (κ1) is 17.8. The predicted octanol–water partition coefficient (Wildman–Crippen LogP) is 3.18. The number of amides is 1. The number of carbonyl (C=O) groups excluding carboxylic acids is 1. The van der Waals surface area contributed by atoms with Crippen molar-refractivity contribution in [1.82, 2.24) is 5.32 Å². The quantitative estimate of drug-likeness (QED) is 0.756. The van der Waals surface area contributed by atoms with Gasteiger partial charge in [-0.2, -0.15) is 0 Å². The van der Waals surface area contributed by atoms with E-state index in [1.807, 2.05) is 24.3 Å². The zero-order valence-corrected chi connectivity index (χ0v) is 12.6. The Bertz CT molecular complexity index is 380. The molecule has 0 heterocycles. The molecule has 1 aromatic carbocycles. The number of nitrogen functional groups attached to an aromatic ring is 1. The van der Waals surface area contributed by atoms with Gasteiger partial charge >= 0.3 is 0 Å². The number of para-hydroxylation sites is 1. The number of anilines is 1. The number of halogens is 1. The summed E-state index contributed by atoms with van der Waals surface area (Å²) in [7, 11) is 0. The summed E-state index contributed by atoms with van der Waals surface area (Å²) in [4.78, 5) is 11.6. The molecule has 3 N–H and O–H groups in total. The van der Waals surface area contributed by atoms with Crippen LogP contribution in [-0.4, -0.2) is 12.5 Å². The maximum absolute atomic E-state index is 11.6. The molecule has 0 aliphatic rings. The van der Waals surface area contributed by atoms with E-state index in [0.29, 0.717) is 12.3 Å². The second-order valence-corrected chi connectivity index (χ2v) is 5.08. The number of nitrogens with one attached hydrogen (secondary N) is 1. The minimum Gasteiger partial charge on any atom is -0.399 e. The molecule has 108 valence electrons. The Morgan fingerprint density at radius 2 is 2.00 bits per heavy atom. The van der Waals surface area contributed by atoms with E-state index in [2.05, 4.69) is 19.2 Å². The van der Waals surface area contributed by atoms with Crippen molar-refractivity contribution in [2.24, 2.45) is 5.92 Å². The van der Waals surface area contributed by atoms with E-state index < -0.39 is 0 Å². The van der Waals surface area contributed by atoms with Crippen molar-refractivity contribution in [2.75, 3.05) is 12.3 Å². The summed E-state index contributed by atoms with van der Waals surface area (Å²) in [5.41, 5.74) is 7.80. The normalized spacial score (nSPS) is 10.1. The van der Waals surface area contributed by atoms with Crippen LogP contribution in [0.5, 0.6) is 0 Å². The lowest BCUT2D eigenvalue weighted by atomic mass is 10.1. The van der Waals surface area contributed by atoms with Crippen molar-refractivity contribution in [2.45, 2.75) is 39.5 Å². The van der Waals surface area contributed by atoms with Crippen LogP contribution in [0.25, 0.3) is 0 Å². The molecule has 0 unspecified atom stereocenters. The lowest BCUT2D eigenvalue weighted by Crippen LogP contribution is -2.25. The van der Waals surface area contributed by atoms with Crippen LogP contribution in [0, 0.1) is 5.92 Å². The Kier molecular flexibility index (Phi) is 9.06. The number of aryl methyl sites for hydroxylation is 1. The highest BCUT2D eigenvalue weighted by Gasteiger charge is 2.03. The topological polar surface area (TPSA) is 55.1 Å². The summed E-state index contributed by atoms with van der Waals surface area (Å²) < 4.78 is 0. The molecule has 19 heavy (non-hydrogen) atoms. The Balaban J connectivity index is 0.00000324. The Morgan fingerprint density at radius 1 is 1.32 bits per heavy atom. The average Bonchev–Trinajstić information content (AvgIpc) is 2.31. The van der Waals surface area contributed by atoms with Crippen LogP contribution in [-0.2, 0) is 11.2 Å². The first-order chi connectivity index (χ1) is 8.59. The maximum Gasteiger partial charge on any atom is 0.220 e. The van der Waals surface area contributed by atoms with E-state index >= 15 is 0 Å². The molecule has 0 aromatic heterocycles. The highest BCUT2D eigenvalue weighted by atomic mass is 35.5. The van der Waals surface area contributed by atoms with Crippen LogP contribution in [0.3, 0.4) is 0 Å². The lowest BCUT2D eigenvalue weighted by Gasteiger charge is -2.08. The maximum atomic E-state index is 11.6. The second kappa shape index (κ2) is 9.68. The fourth-order valence-electron chi connectivity index (χ4n) is 1.79. The number of benzene rings is 1. The molecule has 3 nitrogen and oxygen atoms in total. The highest BCUT2D eigenvalue weighted by molar-refractivity contribution is 5.85. The number of nitrogens with two attached hydrogens (primary N) is 1. The Morgan fingerprint density at radius 3 is 2.63 bits per heavy atom. The van der Waals surface area contributed by atoms with E-state index in [9.17, 15) is 4.79 Å². The van der Waals surface area contributed by atoms with Crippen molar-refractivity contribution in [3.05, 3.63) is 29.8 Å². The summed E-state index contributed by atoms with van der Waals surface area (Å²) >= 11 is 0. The first-order valence-corrected chi connectivity index (χ1v) is 6.69. The van der Waals surface area contributed by atoms with Gasteiger partial charge in [-0.3, -0.25) is 4.79 Å². The van der Waals surface area contributed by atoms with Gasteiger partial charge in [0.2, 0.25) is 5.91 Å². The lowest BCUT2D eigenvalue weighted by molar-refractivity contribution is -0.121. The largest absolute Gasteiger partial charge is 0.399 e. The molecular formula is C15H25ClN2O. The van der Waals surface area contributed by atoms with Crippen LogP contribution in [0.4, 0.5) is 5.69 Å². The standard InChI is InChI=1S/C15H24N2O.ClH/c1-12(2)10-11-17-15(18)9-5-7-13-6-3-4-8-14(13)16;/h3-4,6,8,12H,5,7,9-11,16H2,1-2H3,(H,17,18);1H. The van der Waals surface area contributed by atoms with E-state index in [1.165, 1.54) is 0 Å². The molecule has 0 saturated carbocycles. The van der Waals surface area contributed by atoms with Gasteiger partial charge in [0.25, 0.3) is 0 Å². The molecule has 0 fully saturated rings. The zero-order valence-electron chi connectivity index (χ0n) is 11.8. The molecule has 0 atom stereocenters. The molecule has 0 radical (unpaired) electrons. The molecule has 1 amide bonds. The second-order valence-electron chi connectivity index (χ2n) is 5.08. The van der Waals surface area contributed by atoms with Gasteiger partial charge in [-0.25, -0.2) is 0 Å². The summed E-state index contributed by atoms with van der Waals surface area (Å²) in [5.74, 6) is 0.777. The summed E-state index contributed by atoms with van der Waals surface area (Å²) in [6.45, 7) is 5.10. The molecular weight excluding hydrogens is 260 g/mol. The van der Waals surface area contributed by atoms with Crippen molar-refractivity contribution in [3.8, 4) is 0 Å². The number of hydrogen-bond acceptors (Lipinski definition) is 2. The third-order valence-corrected chi connectivity index (χ3v) is 2.95. The van der Waals surface area contributed by atoms with E-state index in [1.54, 1.807) is 0 Å². The average molecular weight is 285 g/mol. The van der Waals surface area contributed by atoms with Gasteiger partial charge in [0.1, 0.15) is 0 Å². The van der Waals surface area contributed by atoms with Gasteiger partial charge in [-0.05, 0) is 36.8 Å². The van der Waals surface area contributed by atoms with Gasteiger partial charge < -0.3 is 11.1 Å². The van der Waals surface area contributed by atoms with Gasteiger partial charge in [-0.15, -0.1) is 12.4 Å². The van der Waals surface area contributed by atoms with Crippen molar-refractivity contribution < 1.29 is 4.79 Å². The van der Waals surface area contributed by atoms with E-state index in [-0.39, 0.29) is 18.3 Å². The fourth-order valence-corrected chi connectivity index (χ4v) is 1.79. The Labute approximate surface area is 122 Å². The molecule has 0 saturated heterocycles. The summed E-state index contributed by atoms with van der Waals surface area (Å²) in [6, 6.07) is 7.83. The van der Waals surface area contributed by atoms with Crippen LogP contribution in [0.15, 0.2) is 24.3 Å². The molecule has 4 heteroatoms. The zero-order chi connectivity index (χ0) is 13.4. The number of hydrogen-bond donors (Lipinski definition) is 2. The van der Waals surface area contributed by atoms with Gasteiger partial charge in [0.05, 0.1) is 0 Å². The van der Waals surface area contributed by atoms with Crippen LogP contribution < -0.4 is 11.1 Å².